The van der Waals surface area contributed by atoms with Gasteiger partial charge in [-0.3, -0.25) is 0 Å². The van der Waals surface area contributed by atoms with E-state index in [-0.39, 0.29) is 5.82 Å². The maximum Gasteiger partial charge on any atom is 0.123 e. The lowest BCUT2D eigenvalue weighted by atomic mass is 10.1. The van der Waals surface area contributed by atoms with Gasteiger partial charge >= 0.3 is 0 Å². The number of hydrogen-bond acceptors (Lipinski definition) is 3. The number of nitrogens with zero attached hydrogens (tertiary/aromatic N) is 1. The van der Waals surface area contributed by atoms with Gasteiger partial charge in [0.25, 0.3) is 0 Å². The van der Waals surface area contributed by atoms with Gasteiger partial charge in [0.1, 0.15) is 16.9 Å². The summed E-state index contributed by atoms with van der Waals surface area (Å²) in [4.78, 5) is 4.01. The fourth-order valence-electron chi connectivity index (χ4n) is 1.37. The average molecular weight is 223 g/mol. The van der Waals surface area contributed by atoms with E-state index in [2.05, 4.69) is 4.98 Å². The van der Waals surface area contributed by atoms with Gasteiger partial charge in [-0.15, -0.1) is 11.3 Å². The Balaban J connectivity index is 2.09. The van der Waals surface area contributed by atoms with Crippen LogP contribution in [-0.4, -0.2) is 10.1 Å². The van der Waals surface area contributed by atoms with Crippen LogP contribution in [0.25, 0.3) is 0 Å². The van der Waals surface area contributed by atoms with Gasteiger partial charge in [0.15, 0.2) is 0 Å². The fraction of sp³-hybridized carbons (Fsp3) is 0.182. The number of thiazole rings is 1. The first-order valence-corrected chi connectivity index (χ1v) is 5.45. The summed E-state index contributed by atoms with van der Waals surface area (Å²) in [7, 11) is 0. The molecule has 0 bridgehead atoms. The molecule has 1 atom stereocenters. The van der Waals surface area contributed by atoms with Gasteiger partial charge in [-0.2, -0.15) is 0 Å². The minimum Gasteiger partial charge on any atom is -0.386 e. The normalized spacial score (nSPS) is 12.7. The summed E-state index contributed by atoms with van der Waals surface area (Å²) >= 11 is 1.40. The lowest BCUT2D eigenvalue weighted by molar-refractivity contribution is 0.178. The number of aromatic nitrogens is 1. The number of halogens is 1. The second kappa shape index (κ2) is 4.51. The van der Waals surface area contributed by atoms with Crippen molar-refractivity contribution < 1.29 is 9.50 Å². The number of hydrogen-bond donors (Lipinski definition) is 1. The molecule has 0 aliphatic carbocycles. The molecule has 15 heavy (non-hydrogen) atoms. The van der Waals surface area contributed by atoms with E-state index in [0.717, 1.165) is 5.56 Å². The molecular formula is C11H10FNOS. The molecule has 1 heterocycles. The van der Waals surface area contributed by atoms with Gasteiger partial charge in [0.2, 0.25) is 0 Å². The summed E-state index contributed by atoms with van der Waals surface area (Å²) in [6.07, 6.45) is 1.40. The Hall–Kier alpha value is -1.26. The maximum atomic E-state index is 12.9. The van der Waals surface area contributed by atoms with Gasteiger partial charge in [0, 0.05) is 18.0 Å². The Bertz CT molecular complexity index is 430. The van der Waals surface area contributed by atoms with Crippen molar-refractivity contribution in [3.63, 3.8) is 0 Å². The quantitative estimate of drug-likeness (QED) is 0.867. The van der Waals surface area contributed by atoms with Gasteiger partial charge in [-0.1, -0.05) is 12.1 Å². The minimum atomic E-state index is -0.646. The van der Waals surface area contributed by atoms with Crippen LogP contribution < -0.4 is 0 Å². The Kier molecular flexibility index (Phi) is 3.08. The third-order valence-corrected chi connectivity index (χ3v) is 2.93. The molecule has 0 radical (unpaired) electrons. The maximum absolute atomic E-state index is 12.9. The van der Waals surface area contributed by atoms with Crippen LogP contribution >= 0.6 is 11.3 Å². The summed E-state index contributed by atoms with van der Waals surface area (Å²) in [6, 6.07) is 6.25. The van der Waals surface area contributed by atoms with E-state index in [1.54, 1.807) is 18.3 Å². The van der Waals surface area contributed by atoms with Crippen molar-refractivity contribution >= 4 is 11.3 Å². The van der Waals surface area contributed by atoms with Crippen molar-refractivity contribution in [2.45, 2.75) is 12.5 Å². The van der Waals surface area contributed by atoms with Crippen molar-refractivity contribution in [1.82, 2.24) is 4.98 Å². The Labute approximate surface area is 91.0 Å². The largest absolute Gasteiger partial charge is 0.386 e. The minimum absolute atomic E-state index is 0.279. The second-order valence-corrected chi connectivity index (χ2v) is 4.15. The molecule has 0 fully saturated rings. The van der Waals surface area contributed by atoms with Gasteiger partial charge in [-0.05, 0) is 17.7 Å². The number of benzene rings is 1. The zero-order valence-corrected chi connectivity index (χ0v) is 8.75. The number of aliphatic hydroxyl groups excluding tert-OH is 1. The van der Waals surface area contributed by atoms with Crippen LogP contribution in [0.3, 0.4) is 0 Å². The van der Waals surface area contributed by atoms with Crippen molar-refractivity contribution in [1.29, 1.82) is 0 Å². The highest BCUT2D eigenvalue weighted by atomic mass is 32.1. The second-order valence-electron chi connectivity index (χ2n) is 3.22. The molecule has 78 valence electrons. The molecule has 1 aromatic carbocycles. The standard InChI is InChI=1S/C11H10FNOS/c12-9-3-1-2-8(6-9)7-10(14)11-13-4-5-15-11/h1-6,10,14H,7H2. The van der Waals surface area contributed by atoms with Crippen LogP contribution in [0, 0.1) is 5.82 Å². The third kappa shape index (κ3) is 2.61. The lowest BCUT2D eigenvalue weighted by Crippen LogP contribution is -2.01. The fourth-order valence-corrected chi connectivity index (χ4v) is 2.00. The zero-order chi connectivity index (χ0) is 10.7. The van der Waals surface area contributed by atoms with E-state index in [4.69, 9.17) is 0 Å². The molecule has 0 aliphatic rings. The van der Waals surface area contributed by atoms with Gasteiger partial charge in [0.05, 0.1) is 0 Å². The van der Waals surface area contributed by atoms with Crippen molar-refractivity contribution in [2.24, 2.45) is 0 Å². The Morgan fingerprint density at radius 1 is 1.47 bits per heavy atom. The van der Waals surface area contributed by atoms with Gasteiger partial charge < -0.3 is 5.11 Å². The molecule has 2 rings (SSSR count). The first kappa shape index (κ1) is 10.3. The molecular weight excluding hydrogens is 213 g/mol. The predicted octanol–water partition coefficient (Wildman–Crippen LogP) is 2.56. The number of rotatable bonds is 3. The first-order chi connectivity index (χ1) is 7.25. The van der Waals surface area contributed by atoms with Gasteiger partial charge in [-0.25, -0.2) is 9.37 Å². The lowest BCUT2D eigenvalue weighted by Gasteiger charge is -2.07. The van der Waals surface area contributed by atoms with E-state index in [1.807, 2.05) is 5.38 Å². The van der Waals surface area contributed by atoms with E-state index < -0.39 is 6.10 Å². The molecule has 0 spiro atoms. The highest BCUT2D eigenvalue weighted by molar-refractivity contribution is 7.09. The summed E-state index contributed by atoms with van der Waals surface area (Å²) in [5.74, 6) is -0.279. The molecule has 1 unspecified atom stereocenters. The Morgan fingerprint density at radius 3 is 3.00 bits per heavy atom. The van der Waals surface area contributed by atoms with Crippen LogP contribution in [0.1, 0.15) is 16.7 Å². The Morgan fingerprint density at radius 2 is 2.33 bits per heavy atom. The highest BCUT2D eigenvalue weighted by Gasteiger charge is 2.10. The molecule has 2 nitrogen and oxygen atoms in total. The summed E-state index contributed by atoms with van der Waals surface area (Å²) in [5, 5.41) is 12.3. The van der Waals surface area contributed by atoms with Crippen molar-refractivity contribution in [3.8, 4) is 0 Å². The van der Waals surface area contributed by atoms with Crippen LogP contribution in [-0.2, 0) is 6.42 Å². The molecule has 1 aromatic heterocycles. The zero-order valence-electron chi connectivity index (χ0n) is 7.93. The summed E-state index contributed by atoms with van der Waals surface area (Å²) in [6.45, 7) is 0. The third-order valence-electron chi connectivity index (χ3n) is 2.05. The van der Waals surface area contributed by atoms with E-state index in [1.165, 1.54) is 23.5 Å². The average Bonchev–Trinajstić information content (AvgIpc) is 2.70. The smallest absolute Gasteiger partial charge is 0.123 e. The predicted molar refractivity (Wildman–Crippen MR) is 57.2 cm³/mol. The number of aliphatic hydroxyl groups is 1. The van der Waals surface area contributed by atoms with E-state index >= 15 is 0 Å². The molecule has 0 saturated carbocycles. The summed E-state index contributed by atoms with van der Waals surface area (Å²) < 4.78 is 12.9. The van der Waals surface area contributed by atoms with Crippen molar-refractivity contribution in [3.05, 3.63) is 52.2 Å². The topological polar surface area (TPSA) is 33.1 Å². The first-order valence-electron chi connectivity index (χ1n) is 4.57. The summed E-state index contributed by atoms with van der Waals surface area (Å²) in [5.41, 5.74) is 0.776. The monoisotopic (exact) mass is 223 g/mol. The van der Waals surface area contributed by atoms with Crippen LogP contribution in [0.15, 0.2) is 35.8 Å². The van der Waals surface area contributed by atoms with Crippen LogP contribution in [0.4, 0.5) is 4.39 Å². The van der Waals surface area contributed by atoms with E-state index in [0.29, 0.717) is 11.4 Å². The SMILES string of the molecule is OC(Cc1cccc(F)c1)c1nccs1. The van der Waals surface area contributed by atoms with Crippen LogP contribution in [0.2, 0.25) is 0 Å². The molecule has 0 amide bonds. The van der Waals surface area contributed by atoms with E-state index in [9.17, 15) is 9.50 Å². The molecule has 0 saturated heterocycles. The van der Waals surface area contributed by atoms with Crippen LogP contribution in [0.5, 0.6) is 0 Å². The highest BCUT2D eigenvalue weighted by Crippen LogP contribution is 2.20. The molecule has 0 aliphatic heterocycles. The molecule has 4 heteroatoms. The van der Waals surface area contributed by atoms with Crippen molar-refractivity contribution in [2.75, 3.05) is 0 Å². The molecule has 2 aromatic rings. The molecule has 1 N–H and O–H groups in total.